The van der Waals surface area contributed by atoms with Crippen LogP contribution in [-0.2, 0) is 0 Å². The van der Waals surface area contributed by atoms with Crippen LogP contribution in [-0.4, -0.2) is 27.9 Å². The molecule has 26 heavy (non-hydrogen) atoms. The molecule has 0 amide bonds. The van der Waals surface area contributed by atoms with Crippen molar-refractivity contribution in [3.8, 4) is 0 Å². The van der Waals surface area contributed by atoms with E-state index in [1.165, 1.54) is 22.6 Å². The maximum absolute atomic E-state index is 5.64. The third-order valence-corrected chi connectivity index (χ3v) is 5.80. The number of fused-ring (bicyclic) bond motifs is 1. The lowest BCUT2D eigenvalue weighted by Gasteiger charge is -2.29. The smallest absolute Gasteiger partial charge is 0.228 e. The molecule has 0 N–H and O–H groups in total. The first-order valence-electron chi connectivity index (χ1n) is 8.48. The van der Waals surface area contributed by atoms with Gasteiger partial charge in [0.2, 0.25) is 12.4 Å². The van der Waals surface area contributed by atoms with E-state index in [1.54, 1.807) is 11.8 Å². The molecule has 4 rings (SSSR count). The molecule has 1 aliphatic heterocycles. The number of thiocarbonyl (C=S) groups is 1. The topological polar surface area (TPSA) is 6.25 Å². The van der Waals surface area contributed by atoms with Gasteiger partial charge in [0, 0.05) is 23.4 Å². The largest absolute Gasteiger partial charge is 0.284 e. The van der Waals surface area contributed by atoms with Crippen LogP contribution < -0.4 is 4.90 Å². The predicted molar refractivity (Wildman–Crippen MR) is 117 cm³/mol. The Labute approximate surface area is 163 Å². The minimum atomic E-state index is 0.745. The fraction of sp³-hybridized carbons (Fsp3) is 0.0909. The Bertz CT molecular complexity index is 966. The Hall–Kier alpha value is -2.43. The normalized spacial score (nSPS) is 13.1. The maximum Gasteiger partial charge on any atom is 0.228 e. The molecule has 0 saturated heterocycles. The average Bonchev–Trinajstić information content (AvgIpc) is 2.73. The molecule has 0 bridgehead atoms. The van der Waals surface area contributed by atoms with E-state index in [1.807, 2.05) is 18.4 Å². The zero-order valence-corrected chi connectivity index (χ0v) is 16.1. The molecule has 0 atom stereocenters. The van der Waals surface area contributed by atoms with Crippen LogP contribution in [0, 0.1) is 0 Å². The van der Waals surface area contributed by atoms with E-state index in [0.717, 1.165) is 16.4 Å². The van der Waals surface area contributed by atoms with E-state index in [4.69, 9.17) is 12.2 Å². The number of hydrogen-bond donors (Lipinski definition) is 0. The zero-order valence-electron chi connectivity index (χ0n) is 14.5. The van der Waals surface area contributed by atoms with Crippen molar-refractivity contribution in [3.63, 3.8) is 0 Å². The first-order chi connectivity index (χ1) is 12.8. The van der Waals surface area contributed by atoms with Gasteiger partial charge < -0.3 is 0 Å². The van der Waals surface area contributed by atoms with E-state index in [0.29, 0.717) is 0 Å². The minimum Gasteiger partial charge on any atom is -0.284 e. The van der Waals surface area contributed by atoms with Crippen molar-refractivity contribution >= 4 is 51.5 Å². The lowest BCUT2D eigenvalue weighted by atomic mass is 10.0. The first kappa shape index (κ1) is 17.0. The molecule has 0 aliphatic carbocycles. The van der Waals surface area contributed by atoms with Gasteiger partial charge in [-0.05, 0) is 24.5 Å². The summed E-state index contributed by atoms with van der Waals surface area (Å²) in [6, 6.07) is 27.4. The highest BCUT2D eigenvalue weighted by atomic mass is 32.2. The standard InChI is InChI=1S/C22H19N2S2/c1-26-22(25)20-14-8-9-17-15-23(18-10-4-2-5-11-18)16-24(21(17)20)19-12-6-3-7-13-19/h2-15H,16H2,1H3/q+1. The van der Waals surface area contributed by atoms with Crippen molar-refractivity contribution in [3.05, 3.63) is 90.0 Å². The highest BCUT2D eigenvalue weighted by Crippen LogP contribution is 2.36. The molecular weight excluding hydrogens is 356 g/mol. The van der Waals surface area contributed by atoms with Crippen LogP contribution in [0.5, 0.6) is 0 Å². The second kappa shape index (κ2) is 7.44. The predicted octanol–water partition coefficient (Wildman–Crippen LogP) is 5.60. The molecule has 0 radical (unpaired) electrons. The SMILES string of the molecule is CSC(=S)c1cccc2c1N(c1ccccc1)C[N+](c1ccccc1)=C2. The van der Waals surface area contributed by atoms with Gasteiger partial charge in [-0.15, -0.1) is 11.8 Å². The molecule has 0 spiro atoms. The van der Waals surface area contributed by atoms with Crippen molar-refractivity contribution in [2.45, 2.75) is 0 Å². The van der Waals surface area contributed by atoms with E-state index < -0.39 is 0 Å². The van der Waals surface area contributed by atoms with Gasteiger partial charge in [0.15, 0.2) is 6.21 Å². The van der Waals surface area contributed by atoms with Gasteiger partial charge in [-0.3, -0.25) is 4.90 Å². The molecule has 3 aromatic rings. The molecule has 1 aliphatic rings. The number of anilines is 2. The van der Waals surface area contributed by atoms with E-state index in [2.05, 4.69) is 82.4 Å². The quantitative estimate of drug-likeness (QED) is 0.435. The first-order valence-corrected chi connectivity index (χ1v) is 10.1. The Morgan fingerprint density at radius 3 is 2.31 bits per heavy atom. The fourth-order valence-corrected chi connectivity index (χ4v) is 3.82. The number of benzene rings is 3. The second-order valence-electron chi connectivity index (χ2n) is 6.07. The van der Waals surface area contributed by atoms with Gasteiger partial charge in [0.05, 0.1) is 15.4 Å². The summed E-state index contributed by atoms with van der Waals surface area (Å²) < 4.78 is 3.20. The molecular formula is C22H19N2S2+. The lowest BCUT2D eigenvalue weighted by Crippen LogP contribution is -2.33. The van der Waals surface area contributed by atoms with Crippen molar-refractivity contribution < 1.29 is 4.58 Å². The monoisotopic (exact) mass is 375 g/mol. The summed E-state index contributed by atoms with van der Waals surface area (Å²) in [5.74, 6) is 0. The minimum absolute atomic E-state index is 0.745. The van der Waals surface area contributed by atoms with Gasteiger partial charge in [0.25, 0.3) is 0 Å². The fourth-order valence-electron chi connectivity index (χ4n) is 3.27. The molecule has 0 aromatic heterocycles. The second-order valence-corrected chi connectivity index (χ2v) is 7.56. The van der Waals surface area contributed by atoms with E-state index in [9.17, 15) is 0 Å². The zero-order chi connectivity index (χ0) is 17.9. The van der Waals surface area contributed by atoms with Crippen molar-refractivity contribution in [1.82, 2.24) is 0 Å². The van der Waals surface area contributed by atoms with Crippen LogP contribution in [0.3, 0.4) is 0 Å². The van der Waals surface area contributed by atoms with Gasteiger partial charge in [-0.25, -0.2) is 0 Å². The van der Waals surface area contributed by atoms with Gasteiger partial charge >= 0.3 is 0 Å². The van der Waals surface area contributed by atoms with Crippen molar-refractivity contribution in [2.24, 2.45) is 0 Å². The van der Waals surface area contributed by atoms with Gasteiger partial charge in [0.1, 0.15) is 0 Å². The van der Waals surface area contributed by atoms with Crippen LogP contribution in [0.1, 0.15) is 11.1 Å². The Balaban J connectivity index is 1.92. The summed E-state index contributed by atoms with van der Waals surface area (Å²) in [6.07, 6.45) is 4.26. The number of rotatable bonds is 3. The third kappa shape index (κ3) is 3.18. The molecule has 1 heterocycles. The third-order valence-electron chi connectivity index (χ3n) is 4.49. The van der Waals surface area contributed by atoms with E-state index in [-0.39, 0.29) is 0 Å². The molecule has 0 fully saturated rings. The molecule has 2 nitrogen and oxygen atoms in total. The summed E-state index contributed by atoms with van der Waals surface area (Å²) in [5.41, 5.74) is 5.83. The summed E-state index contributed by atoms with van der Waals surface area (Å²) in [6.45, 7) is 0.745. The molecule has 0 unspecified atom stereocenters. The summed E-state index contributed by atoms with van der Waals surface area (Å²) in [4.78, 5) is 2.35. The van der Waals surface area contributed by atoms with Crippen LogP contribution in [0.25, 0.3) is 0 Å². The van der Waals surface area contributed by atoms with Gasteiger partial charge in [-0.2, -0.15) is 4.58 Å². The Morgan fingerprint density at radius 1 is 0.923 bits per heavy atom. The number of hydrogen-bond acceptors (Lipinski definition) is 3. The molecule has 4 heteroatoms. The number of nitrogens with zero attached hydrogens (tertiary/aromatic N) is 2. The summed E-state index contributed by atoms with van der Waals surface area (Å²) in [7, 11) is 0. The number of thioether (sulfide) groups is 1. The van der Waals surface area contributed by atoms with Crippen LogP contribution >= 0.6 is 24.0 Å². The van der Waals surface area contributed by atoms with Crippen LogP contribution in [0.2, 0.25) is 0 Å². The van der Waals surface area contributed by atoms with Crippen molar-refractivity contribution in [2.75, 3.05) is 17.8 Å². The highest BCUT2D eigenvalue weighted by Gasteiger charge is 2.28. The molecule has 0 saturated carbocycles. The average molecular weight is 376 g/mol. The van der Waals surface area contributed by atoms with Crippen molar-refractivity contribution in [1.29, 1.82) is 0 Å². The summed E-state index contributed by atoms with van der Waals surface area (Å²) >= 11 is 7.26. The molecule has 3 aromatic carbocycles. The summed E-state index contributed by atoms with van der Waals surface area (Å²) in [5, 5.41) is 0. The maximum atomic E-state index is 5.64. The number of para-hydroxylation sites is 3. The van der Waals surface area contributed by atoms with E-state index >= 15 is 0 Å². The highest BCUT2D eigenvalue weighted by molar-refractivity contribution is 8.23. The van der Waals surface area contributed by atoms with Crippen LogP contribution in [0.15, 0.2) is 78.9 Å². The Morgan fingerprint density at radius 2 is 1.62 bits per heavy atom. The molecule has 128 valence electrons. The Kier molecular flexibility index (Phi) is 4.87. The lowest BCUT2D eigenvalue weighted by molar-refractivity contribution is -0.434. The van der Waals surface area contributed by atoms with Gasteiger partial charge in [-0.1, -0.05) is 60.7 Å². The van der Waals surface area contributed by atoms with Crippen LogP contribution in [0.4, 0.5) is 17.1 Å².